The molecule has 8 heteroatoms. The number of hydrogen-bond acceptors (Lipinski definition) is 5. The Morgan fingerprint density at radius 3 is 2.24 bits per heavy atom. The molecule has 0 spiro atoms. The van der Waals surface area contributed by atoms with Gasteiger partial charge in [0.1, 0.15) is 24.7 Å². The average Bonchev–Trinajstić information content (AvgIpc) is 2.78. The Morgan fingerprint density at radius 2 is 1.58 bits per heavy atom. The van der Waals surface area contributed by atoms with Gasteiger partial charge in [0.15, 0.2) is 5.75 Å². The number of para-hydroxylation sites is 3. The van der Waals surface area contributed by atoms with E-state index in [0.717, 1.165) is 16.1 Å². The predicted molar refractivity (Wildman–Crippen MR) is 129 cm³/mol. The van der Waals surface area contributed by atoms with Gasteiger partial charge in [0.05, 0.1) is 18.0 Å². The smallest absolute Gasteiger partial charge is 0.241 e. The SMILES string of the molecule is Cc1ccc(OCC(C)NC(=O)CN(c2ccccc2Oc2ccccc2)S(C)(=O)=O)cc1. The van der Waals surface area contributed by atoms with Gasteiger partial charge in [0, 0.05) is 0 Å². The fourth-order valence-electron chi connectivity index (χ4n) is 3.09. The van der Waals surface area contributed by atoms with Gasteiger partial charge in [-0.1, -0.05) is 48.0 Å². The Balaban J connectivity index is 1.69. The highest BCUT2D eigenvalue weighted by Crippen LogP contribution is 2.33. The lowest BCUT2D eigenvalue weighted by molar-refractivity contribution is -0.120. The molecule has 0 saturated heterocycles. The Hall–Kier alpha value is -3.52. The minimum absolute atomic E-state index is 0.251. The molecule has 0 heterocycles. The summed E-state index contributed by atoms with van der Waals surface area (Å²) in [4.78, 5) is 12.7. The van der Waals surface area contributed by atoms with Crippen molar-refractivity contribution in [1.82, 2.24) is 5.32 Å². The van der Waals surface area contributed by atoms with E-state index in [1.165, 1.54) is 0 Å². The predicted octanol–water partition coefficient (Wildman–Crippen LogP) is 4.14. The first-order valence-electron chi connectivity index (χ1n) is 10.5. The lowest BCUT2D eigenvalue weighted by atomic mass is 10.2. The fourth-order valence-corrected chi connectivity index (χ4v) is 3.95. The Morgan fingerprint density at radius 1 is 0.939 bits per heavy atom. The van der Waals surface area contributed by atoms with E-state index in [2.05, 4.69) is 5.32 Å². The molecule has 0 aliphatic rings. The monoisotopic (exact) mass is 468 g/mol. The number of amides is 1. The molecule has 1 N–H and O–H groups in total. The van der Waals surface area contributed by atoms with Crippen LogP contribution in [0.3, 0.4) is 0 Å². The largest absolute Gasteiger partial charge is 0.491 e. The van der Waals surface area contributed by atoms with Crippen molar-refractivity contribution in [3.63, 3.8) is 0 Å². The van der Waals surface area contributed by atoms with Crippen molar-refractivity contribution in [2.45, 2.75) is 19.9 Å². The van der Waals surface area contributed by atoms with Crippen LogP contribution in [0.5, 0.6) is 17.2 Å². The molecule has 0 aliphatic heterocycles. The highest BCUT2D eigenvalue weighted by atomic mass is 32.2. The number of anilines is 1. The van der Waals surface area contributed by atoms with Gasteiger partial charge in [0.25, 0.3) is 0 Å². The first-order valence-corrected chi connectivity index (χ1v) is 12.4. The summed E-state index contributed by atoms with van der Waals surface area (Å²) >= 11 is 0. The van der Waals surface area contributed by atoms with Gasteiger partial charge in [-0.15, -0.1) is 0 Å². The number of rotatable bonds is 10. The minimum Gasteiger partial charge on any atom is -0.491 e. The third-order valence-electron chi connectivity index (χ3n) is 4.72. The molecule has 174 valence electrons. The molecule has 1 unspecified atom stereocenters. The van der Waals surface area contributed by atoms with Crippen LogP contribution in [-0.4, -0.2) is 39.8 Å². The lowest BCUT2D eigenvalue weighted by Crippen LogP contribution is -2.45. The summed E-state index contributed by atoms with van der Waals surface area (Å²) in [7, 11) is -3.76. The van der Waals surface area contributed by atoms with Crippen LogP contribution >= 0.6 is 0 Å². The molecule has 1 amide bonds. The number of nitrogens with zero attached hydrogens (tertiary/aromatic N) is 1. The standard InChI is InChI=1S/C25H28N2O5S/c1-19-13-15-21(16-14-19)31-18-20(2)26-25(28)17-27(33(3,29)30)23-11-7-8-12-24(23)32-22-9-5-4-6-10-22/h4-16,20H,17-18H2,1-3H3,(H,26,28). The van der Waals surface area contributed by atoms with Crippen molar-refractivity contribution < 1.29 is 22.7 Å². The molecule has 3 rings (SSSR count). The van der Waals surface area contributed by atoms with Gasteiger partial charge in [-0.3, -0.25) is 9.10 Å². The summed E-state index contributed by atoms with van der Waals surface area (Å²) in [6.45, 7) is 3.65. The van der Waals surface area contributed by atoms with E-state index in [1.807, 2.05) is 49.4 Å². The zero-order valence-corrected chi connectivity index (χ0v) is 19.7. The summed E-state index contributed by atoms with van der Waals surface area (Å²) in [6.07, 6.45) is 1.06. The zero-order valence-electron chi connectivity index (χ0n) is 18.9. The number of carbonyl (C=O) groups excluding carboxylic acids is 1. The molecule has 0 radical (unpaired) electrons. The van der Waals surface area contributed by atoms with E-state index in [4.69, 9.17) is 9.47 Å². The molecule has 0 bridgehead atoms. The molecule has 1 atom stereocenters. The van der Waals surface area contributed by atoms with Gasteiger partial charge < -0.3 is 14.8 Å². The quantitative estimate of drug-likeness (QED) is 0.484. The van der Waals surface area contributed by atoms with E-state index in [-0.39, 0.29) is 24.9 Å². The van der Waals surface area contributed by atoms with Gasteiger partial charge in [-0.2, -0.15) is 0 Å². The van der Waals surface area contributed by atoms with Crippen molar-refractivity contribution in [3.8, 4) is 17.2 Å². The van der Waals surface area contributed by atoms with Crippen LogP contribution in [0.25, 0.3) is 0 Å². The van der Waals surface area contributed by atoms with Gasteiger partial charge in [0.2, 0.25) is 15.9 Å². The van der Waals surface area contributed by atoms with Gasteiger partial charge in [-0.05, 0) is 50.2 Å². The topological polar surface area (TPSA) is 84.9 Å². The van der Waals surface area contributed by atoms with Crippen LogP contribution in [0.4, 0.5) is 5.69 Å². The molecule has 3 aromatic rings. The first kappa shape index (κ1) is 24.1. The number of ether oxygens (including phenoxy) is 2. The Labute approximate surface area is 195 Å². The number of nitrogens with one attached hydrogen (secondary N) is 1. The Bertz CT molecular complexity index is 1160. The molecule has 33 heavy (non-hydrogen) atoms. The number of sulfonamides is 1. The molecule has 0 aliphatic carbocycles. The van der Waals surface area contributed by atoms with E-state index in [0.29, 0.717) is 17.2 Å². The van der Waals surface area contributed by atoms with Crippen molar-refractivity contribution in [3.05, 3.63) is 84.4 Å². The number of aryl methyl sites for hydroxylation is 1. The van der Waals surface area contributed by atoms with Crippen molar-refractivity contribution in [2.75, 3.05) is 23.7 Å². The molecule has 0 aromatic heterocycles. The van der Waals surface area contributed by atoms with Crippen LogP contribution in [0.15, 0.2) is 78.9 Å². The van der Waals surface area contributed by atoms with Crippen molar-refractivity contribution in [1.29, 1.82) is 0 Å². The Kier molecular flexibility index (Phi) is 7.95. The first-order chi connectivity index (χ1) is 15.7. The summed E-state index contributed by atoms with van der Waals surface area (Å²) in [5.41, 5.74) is 1.41. The molecular formula is C25H28N2O5S. The maximum absolute atomic E-state index is 12.7. The normalized spacial score (nSPS) is 12.0. The third kappa shape index (κ3) is 7.25. The van der Waals surface area contributed by atoms with E-state index in [9.17, 15) is 13.2 Å². The molecule has 7 nitrogen and oxygen atoms in total. The fraction of sp³-hybridized carbons (Fsp3) is 0.240. The number of benzene rings is 3. The summed E-state index contributed by atoms with van der Waals surface area (Å²) in [6, 6.07) is 23.0. The van der Waals surface area contributed by atoms with Gasteiger partial charge >= 0.3 is 0 Å². The van der Waals surface area contributed by atoms with Crippen LogP contribution in [0, 0.1) is 6.92 Å². The zero-order chi connectivity index (χ0) is 23.8. The minimum atomic E-state index is -3.76. The average molecular weight is 469 g/mol. The second-order valence-electron chi connectivity index (χ2n) is 7.75. The van der Waals surface area contributed by atoms with E-state index < -0.39 is 15.9 Å². The summed E-state index contributed by atoms with van der Waals surface area (Å²) < 4.78 is 37.7. The van der Waals surface area contributed by atoms with Crippen LogP contribution in [0.1, 0.15) is 12.5 Å². The second kappa shape index (κ2) is 10.9. The second-order valence-corrected chi connectivity index (χ2v) is 9.65. The highest BCUT2D eigenvalue weighted by molar-refractivity contribution is 7.92. The van der Waals surface area contributed by atoms with Crippen LogP contribution in [0.2, 0.25) is 0 Å². The van der Waals surface area contributed by atoms with E-state index in [1.54, 1.807) is 43.3 Å². The highest BCUT2D eigenvalue weighted by Gasteiger charge is 2.24. The van der Waals surface area contributed by atoms with Gasteiger partial charge in [-0.25, -0.2) is 8.42 Å². The molecule has 3 aromatic carbocycles. The van der Waals surface area contributed by atoms with Crippen LogP contribution < -0.4 is 19.1 Å². The van der Waals surface area contributed by atoms with Crippen molar-refractivity contribution >= 4 is 21.6 Å². The molecular weight excluding hydrogens is 440 g/mol. The third-order valence-corrected chi connectivity index (χ3v) is 5.85. The van der Waals surface area contributed by atoms with E-state index >= 15 is 0 Å². The maximum atomic E-state index is 12.7. The summed E-state index contributed by atoms with van der Waals surface area (Å²) in [5, 5.41) is 2.79. The van der Waals surface area contributed by atoms with Crippen LogP contribution in [-0.2, 0) is 14.8 Å². The number of carbonyl (C=O) groups is 1. The lowest BCUT2D eigenvalue weighted by Gasteiger charge is -2.25. The van der Waals surface area contributed by atoms with Crippen molar-refractivity contribution in [2.24, 2.45) is 0 Å². The molecule has 0 saturated carbocycles. The molecule has 0 fully saturated rings. The maximum Gasteiger partial charge on any atom is 0.241 e. The number of hydrogen-bond donors (Lipinski definition) is 1. The summed E-state index contributed by atoms with van der Waals surface area (Å²) in [5.74, 6) is 1.14.